The van der Waals surface area contributed by atoms with Crippen LogP contribution in [-0.4, -0.2) is 22.8 Å². The van der Waals surface area contributed by atoms with E-state index in [4.69, 9.17) is 4.74 Å². The molecule has 100 valence electrons. The van der Waals surface area contributed by atoms with E-state index >= 15 is 0 Å². The summed E-state index contributed by atoms with van der Waals surface area (Å²) in [7, 11) is 0. The molecule has 1 aliphatic heterocycles. The minimum atomic E-state index is -0.504. The predicted molar refractivity (Wildman–Crippen MR) is 74.9 cm³/mol. The van der Waals surface area contributed by atoms with Crippen LogP contribution in [0.4, 0.5) is 0 Å². The molecule has 0 bridgehead atoms. The van der Waals surface area contributed by atoms with Gasteiger partial charge in [0.15, 0.2) is 0 Å². The molecule has 0 amide bonds. The maximum absolute atomic E-state index is 10.4. The van der Waals surface area contributed by atoms with Gasteiger partial charge >= 0.3 is 0 Å². The van der Waals surface area contributed by atoms with E-state index in [0.717, 1.165) is 42.3 Å². The summed E-state index contributed by atoms with van der Waals surface area (Å²) in [5, 5.41) is 12.5. The van der Waals surface area contributed by atoms with Gasteiger partial charge in [-0.15, -0.1) is 0 Å². The standard InChI is InChI=1S/C16H19NO2/c18-15(8-7-13-5-3-11-19-13)16-14-6-2-1-4-12(14)9-10-17-16/h1-2,4,6,9-10,13,15,18H,3,5,7-8,11H2. The molecular formula is C16H19NO2. The first-order valence-electron chi connectivity index (χ1n) is 6.98. The molecule has 0 spiro atoms. The molecule has 2 aromatic rings. The molecule has 1 aromatic heterocycles. The van der Waals surface area contributed by atoms with Crippen LogP contribution in [-0.2, 0) is 4.74 Å². The van der Waals surface area contributed by atoms with E-state index in [1.807, 2.05) is 30.3 Å². The van der Waals surface area contributed by atoms with Crippen molar-refractivity contribution in [2.24, 2.45) is 0 Å². The molecule has 0 saturated carbocycles. The van der Waals surface area contributed by atoms with Gasteiger partial charge in [-0.2, -0.15) is 0 Å². The molecule has 0 aliphatic carbocycles. The normalized spacial score (nSPS) is 20.8. The van der Waals surface area contributed by atoms with Gasteiger partial charge in [0, 0.05) is 18.2 Å². The van der Waals surface area contributed by atoms with Crippen LogP contribution in [0.15, 0.2) is 36.5 Å². The van der Waals surface area contributed by atoms with Gasteiger partial charge < -0.3 is 9.84 Å². The van der Waals surface area contributed by atoms with Crippen LogP contribution < -0.4 is 0 Å². The molecule has 1 aromatic carbocycles. The van der Waals surface area contributed by atoms with E-state index < -0.39 is 6.10 Å². The highest BCUT2D eigenvalue weighted by Crippen LogP contribution is 2.27. The van der Waals surface area contributed by atoms with E-state index in [0.29, 0.717) is 12.5 Å². The zero-order valence-electron chi connectivity index (χ0n) is 11.0. The van der Waals surface area contributed by atoms with Crippen molar-refractivity contribution in [1.82, 2.24) is 4.98 Å². The van der Waals surface area contributed by atoms with Crippen molar-refractivity contribution in [2.75, 3.05) is 6.61 Å². The largest absolute Gasteiger partial charge is 0.387 e. The number of hydrogen-bond donors (Lipinski definition) is 1. The van der Waals surface area contributed by atoms with Crippen molar-refractivity contribution >= 4 is 10.8 Å². The fourth-order valence-electron chi connectivity index (χ4n) is 2.76. The molecule has 1 saturated heterocycles. The smallest absolute Gasteiger partial charge is 0.0967 e. The van der Waals surface area contributed by atoms with E-state index in [2.05, 4.69) is 4.98 Å². The number of benzene rings is 1. The third-order valence-corrected chi connectivity index (χ3v) is 3.81. The topological polar surface area (TPSA) is 42.4 Å². The molecule has 2 atom stereocenters. The van der Waals surface area contributed by atoms with Gasteiger partial charge in [0.05, 0.1) is 17.9 Å². The van der Waals surface area contributed by atoms with Crippen molar-refractivity contribution in [3.63, 3.8) is 0 Å². The Kier molecular flexibility index (Phi) is 3.76. The first kappa shape index (κ1) is 12.6. The van der Waals surface area contributed by atoms with Crippen molar-refractivity contribution < 1.29 is 9.84 Å². The highest BCUT2D eigenvalue weighted by molar-refractivity contribution is 5.84. The summed E-state index contributed by atoms with van der Waals surface area (Å²) in [6.07, 6.45) is 5.48. The highest BCUT2D eigenvalue weighted by Gasteiger charge is 2.19. The van der Waals surface area contributed by atoms with Crippen LogP contribution in [0, 0.1) is 0 Å². The van der Waals surface area contributed by atoms with Gasteiger partial charge in [0.1, 0.15) is 0 Å². The SMILES string of the molecule is OC(CCC1CCCO1)c1nccc2ccccc12. The monoisotopic (exact) mass is 257 g/mol. The van der Waals surface area contributed by atoms with Crippen molar-refractivity contribution in [2.45, 2.75) is 37.9 Å². The molecule has 2 unspecified atom stereocenters. The Morgan fingerprint density at radius 1 is 1.32 bits per heavy atom. The van der Waals surface area contributed by atoms with Crippen LogP contribution in [0.2, 0.25) is 0 Å². The highest BCUT2D eigenvalue weighted by atomic mass is 16.5. The Labute approximate surface area is 113 Å². The second-order valence-corrected chi connectivity index (χ2v) is 5.15. The minimum Gasteiger partial charge on any atom is -0.387 e. The Morgan fingerprint density at radius 2 is 2.21 bits per heavy atom. The molecule has 19 heavy (non-hydrogen) atoms. The number of nitrogens with zero attached hydrogens (tertiary/aromatic N) is 1. The average Bonchev–Trinajstić information content (AvgIpc) is 2.97. The van der Waals surface area contributed by atoms with Crippen LogP contribution in [0.5, 0.6) is 0 Å². The summed E-state index contributed by atoms with van der Waals surface area (Å²) < 4.78 is 5.60. The average molecular weight is 257 g/mol. The van der Waals surface area contributed by atoms with Crippen LogP contribution >= 0.6 is 0 Å². The first-order valence-corrected chi connectivity index (χ1v) is 6.98. The molecule has 3 nitrogen and oxygen atoms in total. The number of rotatable bonds is 4. The number of ether oxygens (including phenoxy) is 1. The summed E-state index contributed by atoms with van der Waals surface area (Å²) in [5.74, 6) is 0. The van der Waals surface area contributed by atoms with Gasteiger partial charge in [0.25, 0.3) is 0 Å². The third-order valence-electron chi connectivity index (χ3n) is 3.81. The van der Waals surface area contributed by atoms with E-state index in [1.54, 1.807) is 6.20 Å². The van der Waals surface area contributed by atoms with Gasteiger partial charge in [-0.1, -0.05) is 24.3 Å². The molecule has 3 heteroatoms. The van der Waals surface area contributed by atoms with Crippen LogP contribution in [0.3, 0.4) is 0 Å². The molecule has 2 heterocycles. The zero-order valence-corrected chi connectivity index (χ0v) is 11.0. The third kappa shape index (κ3) is 2.77. The Bertz CT molecular complexity index is 544. The van der Waals surface area contributed by atoms with Crippen LogP contribution in [0.1, 0.15) is 37.5 Å². The maximum atomic E-state index is 10.4. The quantitative estimate of drug-likeness (QED) is 0.914. The second-order valence-electron chi connectivity index (χ2n) is 5.15. The Hall–Kier alpha value is -1.45. The number of aliphatic hydroxyl groups is 1. The fraction of sp³-hybridized carbons (Fsp3) is 0.438. The van der Waals surface area contributed by atoms with E-state index in [1.165, 1.54) is 0 Å². The van der Waals surface area contributed by atoms with Gasteiger partial charge in [-0.05, 0) is 37.1 Å². The van der Waals surface area contributed by atoms with E-state index in [9.17, 15) is 5.11 Å². The number of fused-ring (bicyclic) bond motifs is 1. The lowest BCUT2D eigenvalue weighted by Crippen LogP contribution is -2.09. The lowest BCUT2D eigenvalue weighted by atomic mass is 10.0. The molecule has 1 fully saturated rings. The van der Waals surface area contributed by atoms with Gasteiger partial charge in [-0.3, -0.25) is 4.98 Å². The minimum absolute atomic E-state index is 0.324. The fourth-order valence-corrected chi connectivity index (χ4v) is 2.76. The molecular weight excluding hydrogens is 238 g/mol. The van der Waals surface area contributed by atoms with Crippen molar-refractivity contribution in [3.05, 3.63) is 42.2 Å². The Balaban J connectivity index is 1.75. The molecule has 1 aliphatic rings. The van der Waals surface area contributed by atoms with Gasteiger partial charge in [0.2, 0.25) is 0 Å². The van der Waals surface area contributed by atoms with Gasteiger partial charge in [-0.25, -0.2) is 0 Å². The molecule has 0 radical (unpaired) electrons. The predicted octanol–water partition coefficient (Wildman–Crippen LogP) is 3.23. The lowest BCUT2D eigenvalue weighted by molar-refractivity contribution is 0.0806. The first-order chi connectivity index (χ1) is 9.34. The second kappa shape index (κ2) is 5.68. The number of hydrogen-bond acceptors (Lipinski definition) is 3. The number of pyridine rings is 1. The molecule has 3 rings (SSSR count). The van der Waals surface area contributed by atoms with Crippen LogP contribution in [0.25, 0.3) is 10.8 Å². The molecule has 1 N–H and O–H groups in total. The van der Waals surface area contributed by atoms with Crippen molar-refractivity contribution in [1.29, 1.82) is 0 Å². The summed E-state index contributed by atoms with van der Waals surface area (Å²) in [6, 6.07) is 10.0. The van der Waals surface area contributed by atoms with Crippen molar-refractivity contribution in [3.8, 4) is 0 Å². The zero-order chi connectivity index (χ0) is 13.1. The summed E-state index contributed by atoms with van der Waals surface area (Å²) in [6.45, 7) is 0.868. The summed E-state index contributed by atoms with van der Waals surface area (Å²) in [5.41, 5.74) is 0.788. The maximum Gasteiger partial charge on any atom is 0.0967 e. The number of aromatic nitrogens is 1. The van der Waals surface area contributed by atoms with E-state index in [-0.39, 0.29) is 0 Å². The number of aliphatic hydroxyl groups excluding tert-OH is 1. The summed E-state index contributed by atoms with van der Waals surface area (Å²) >= 11 is 0. The summed E-state index contributed by atoms with van der Waals surface area (Å²) in [4.78, 5) is 4.36. The lowest BCUT2D eigenvalue weighted by Gasteiger charge is -2.15. The Morgan fingerprint density at radius 3 is 3.05 bits per heavy atom.